The number of rotatable bonds is 1. The standard InChI is InChI=1S/C13H13NO2/c1-7-5-9-8-3-2-4-11(8)14-12(9)10(6-7)13(15)16/h5-6,14H,2-4H2,1H3,(H,15,16). The molecule has 0 saturated carbocycles. The van der Waals surface area contributed by atoms with E-state index in [1.807, 2.05) is 6.92 Å². The van der Waals surface area contributed by atoms with Crippen molar-refractivity contribution in [2.45, 2.75) is 26.2 Å². The number of hydrogen-bond donors (Lipinski definition) is 2. The molecule has 3 heteroatoms. The first-order valence-electron chi connectivity index (χ1n) is 5.54. The minimum absolute atomic E-state index is 0.393. The van der Waals surface area contributed by atoms with Gasteiger partial charge in [0.15, 0.2) is 0 Å². The highest BCUT2D eigenvalue weighted by Gasteiger charge is 2.20. The van der Waals surface area contributed by atoms with Crippen LogP contribution in [0.1, 0.15) is 33.6 Å². The predicted molar refractivity (Wildman–Crippen MR) is 62.0 cm³/mol. The molecule has 2 N–H and O–H groups in total. The van der Waals surface area contributed by atoms with E-state index < -0.39 is 5.97 Å². The van der Waals surface area contributed by atoms with Gasteiger partial charge in [-0.05, 0) is 49.4 Å². The van der Waals surface area contributed by atoms with Crippen molar-refractivity contribution in [3.05, 3.63) is 34.5 Å². The van der Waals surface area contributed by atoms with Crippen LogP contribution in [0.15, 0.2) is 12.1 Å². The second-order valence-corrected chi connectivity index (χ2v) is 4.48. The van der Waals surface area contributed by atoms with Crippen LogP contribution in [-0.2, 0) is 12.8 Å². The van der Waals surface area contributed by atoms with E-state index in [1.54, 1.807) is 6.07 Å². The van der Waals surface area contributed by atoms with Crippen molar-refractivity contribution in [1.29, 1.82) is 0 Å². The lowest BCUT2D eigenvalue weighted by Crippen LogP contribution is -1.98. The zero-order valence-corrected chi connectivity index (χ0v) is 9.13. The fraction of sp³-hybridized carbons (Fsp3) is 0.308. The van der Waals surface area contributed by atoms with E-state index in [-0.39, 0.29) is 0 Å². The van der Waals surface area contributed by atoms with Crippen molar-refractivity contribution < 1.29 is 9.90 Å². The minimum atomic E-state index is -0.853. The maximum absolute atomic E-state index is 11.2. The number of aromatic carboxylic acids is 1. The molecule has 2 aromatic rings. The number of aromatic amines is 1. The second-order valence-electron chi connectivity index (χ2n) is 4.48. The molecule has 3 nitrogen and oxygen atoms in total. The van der Waals surface area contributed by atoms with Crippen LogP contribution < -0.4 is 0 Å². The number of carboxylic acids is 1. The van der Waals surface area contributed by atoms with Crippen LogP contribution in [-0.4, -0.2) is 16.1 Å². The molecule has 0 saturated heterocycles. The van der Waals surface area contributed by atoms with E-state index in [0.717, 1.165) is 29.3 Å². The smallest absolute Gasteiger partial charge is 0.337 e. The molecule has 1 aromatic heterocycles. The Kier molecular flexibility index (Phi) is 1.84. The molecule has 1 aliphatic rings. The number of carboxylic acid groups (broad SMARTS) is 1. The third-order valence-electron chi connectivity index (χ3n) is 3.33. The molecule has 0 aliphatic heterocycles. The Labute approximate surface area is 93.1 Å². The van der Waals surface area contributed by atoms with E-state index >= 15 is 0 Å². The normalized spacial score (nSPS) is 14.3. The summed E-state index contributed by atoms with van der Waals surface area (Å²) in [6, 6.07) is 3.82. The monoisotopic (exact) mass is 215 g/mol. The summed E-state index contributed by atoms with van der Waals surface area (Å²) >= 11 is 0. The Balaban J connectivity index is 2.40. The summed E-state index contributed by atoms with van der Waals surface area (Å²) < 4.78 is 0. The van der Waals surface area contributed by atoms with Crippen LogP contribution in [0.3, 0.4) is 0 Å². The number of benzene rings is 1. The summed E-state index contributed by atoms with van der Waals surface area (Å²) in [6.07, 6.45) is 3.29. The van der Waals surface area contributed by atoms with Crippen molar-refractivity contribution in [2.75, 3.05) is 0 Å². The summed E-state index contributed by atoms with van der Waals surface area (Å²) in [6.45, 7) is 1.94. The topological polar surface area (TPSA) is 53.1 Å². The summed E-state index contributed by atoms with van der Waals surface area (Å²) in [5, 5.41) is 10.3. The number of fused-ring (bicyclic) bond motifs is 3. The number of aromatic nitrogens is 1. The van der Waals surface area contributed by atoms with E-state index in [9.17, 15) is 9.90 Å². The fourth-order valence-electron chi connectivity index (χ4n) is 2.66. The first-order valence-corrected chi connectivity index (χ1v) is 5.54. The lowest BCUT2D eigenvalue weighted by molar-refractivity contribution is 0.0699. The Bertz CT molecular complexity index is 595. The lowest BCUT2D eigenvalue weighted by Gasteiger charge is -2.01. The van der Waals surface area contributed by atoms with Crippen LogP contribution in [0.2, 0.25) is 0 Å². The van der Waals surface area contributed by atoms with Gasteiger partial charge >= 0.3 is 5.97 Å². The molecule has 0 bridgehead atoms. The zero-order valence-electron chi connectivity index (χ0n) is 9.13. The van der Waals surface area contributed by atoms with Gasteiger partial charge < -0.3 is 10.1 Å². The van der Waals surface area contributed by atoms with Crippen molar-refractivity contribution in [3.8, 4) is 0 Å². The first kappa shape index (κ1) is 9.46. The van der Waals surface area contributed by atoms with Crippen molar-refractivity contribution in [1.82, 2.24) is 4.98 Å². The fourth-order valence-corrected chi connectivity index (χ4v) is 2.66. The van der Waals surface area contributed by atoms with Gasteiger partial charge in [0.2, 0.25) is 0 Å². The SMILES string of the molecule is Cc1cc(C(=O)O)c2[nH]c3c(c2c1)CCC3. The summed E-state index contributed by atoms with van der Waals surface area (Å²) in [7, 11) is 0. The van der Waals surface area contributed by atoms with Crippen LogP contribution in [0.4, 0.5) is 0 Å². The van der Waals surface area contributed by atoms with Crippen LogP contribution in [0.5, 0.6) is 0 Å². The maximum atomic E-state index is 11.2. The Hall–Kier alpha value is -1.77. The molecule has 0 atom stereocenters. The molecule has 0 radical (unpaired) electrons. The number of carbonyl (C=O) groups is 1. The van der Waals surface area contributed by atoms with Gasteiger partial charge in [-0.3, -0.25) is 0 Å². The molecule has 0 spiro atoms. The molecule has 1 aliphatic carbocycles. The molecule has 0 unspecified atom stereocenters. The highest BCUT2D eigenvalue weighted by Crippen LogP contribution is 2.32. The Morgan fingerprint density at radius 3 is 2.94 bits per heavy atom. The van der Waals surface area contributed by atoms with Crippen molar-refractivity contribution in [2.24, 2.45) is 0 Å². The van der Waals surface area contributed by atoms with Gasteiger partial charge in [0.1, 0.15) is 0 Å². The third-order valence-corrected chi connectivity index (χ3v) is 3.33. The summed E-state index contributed by atoms with van der Waals surface area (Å²) in [5.41, 5.74) is 4.75. The Morgan fingerprint density at radius 2 is 2.19 bits per heavy atom. The highest BCUT2D eigenvalue weighted by molar-refractivity contribution is 6.04. The van der Waals surface area contributed by atoms with Gasteiger partial charge in [-0.15, -0.1) is 0 Å². The third kappa shape index (κ3) is 1.18. The molecular formula is C13H13NO2. The molecule has 0 amide bonds. The van der Waals surface area contributed by atoms with Crippen LogP contribution in [0, 0.1) is 6.92 Å². The number of H-pyrrole nitrogens is 1. The lowest BCUT2D eigenvalue weighted by atomic mass is 10.0. The van der Waals surface area contributed by atoms with E-state index in [0.29, 0.717) is 5.56 Å². The van der Waals surface area contributed by atoms with Crippen LogP contribution >= 0.6 is 0 Å². The van der Waals surface area contributed by atoms with Gasteiger partial charge in [0.05, 0.1) is 11.1 Å². The molecule has 0 fully saturated rings. The van der Waals surface area contributed by atoms with Gasteiger partial charge in [-0.25, -0.2) is 4.79 Å². The van der Waals surface area contributed by atoms with Crippen LogP contribution in [0.25, 0.3) is 10.9 Å². The number of nitrogens with one attached hydrogen (secondary N) is 1. The summed E-state index contributed by atoms with van der Waals surface area (Å²) in [4.78, 5) is 14.4. The molecule has 82 valence electrons. The highest BCUT2D eigenvalue weighted by atomic mass is 16.4. The van der Waals surface area contributed by atoms with Crippen molar-refractivity contribution >= 4 is 16.9 Å². The van der Waals surface area contributed by atoms with Gasteiger partial charge in [0.25, 0.3) is 0 Å². The maximum Gasteiger partial charge on any atom is 0.337 e. The molecule has 16 heavy (non-hydrogen) atoms. The number of hydrogen-bond acceptors (Lipinski definition) is 1. The second kappa shape index (κ2) is 3.11. The van der Waals surface area contributed by atoms with Gasteiger partial charge in [-0.1, -0.05) is 0 Å². The molecule has 3 rings (SSSR count). The molecule has 1 aromatic carbocycles. The predicted octanol–water partition coefficient (Wildman–Crippen LogP) is 2.66. The van der Waals surface area contributed by atoms with E-state index in [4.69, 9.17) is 0 Å². The van der Waals surface area contributed by atoms with E-state index in [1.165, 1.54) is 17.7 Å². The average molecular weight is 215 g/mol. The van der Waals surface area contributed by atoms with Gasteiger partial charge in [-0.2, -0.15) is 0 Å². The average Bonchev–Trinajstić information content (AvgIpc) is 2.77. The number of aryl methyl sites for hydroxylation is 3. The van der Waals surface area contributed by atoms with Gasteiger partial charge in [0, 0.05) is 11.1 Å². The largest absolute Gasteiger partial charge is 0.478 e. The first-order chi connectivity index (χ1) is 7.66. The molecular weight excluding hydrogens is 202 g/mol. The zero-order chi connectivity index (χ0) is 11.3. The molecule has 1 heterocycles. The van der Waals surface area contributed by atoms with Crippen molar-refractivity contribution in [3.63, 3.8) is 0 Å². The Morgan fingerprint density at radius 1 is 1.38 bits per heavy atom. The minimum Gasteiger partial charge on any atom is -0.478 e. The van der Waals surface area contributed by atoms with E-state index in [2.05, 4.69) is 11.1 Å². The quantitative estimate of drug-likeness (QED) is 0.768. The summed E-state index contributed by atoms with van der Waals surface area (Å²) in [5.74, 6) is -0.853.